The van der Waals surface area contributed by atoms with Gasteiger partial charge in [0.1, 0.15) is 23.0 Å². The molecule has 1 aromatic heterocycles. The zero-order valence-corrected chi connectivity index (χ0v) is 16.6. The number of aliphatic carboxylic acids is 1. The van der Waals surface area contributed by atoms with Crippen molar-refractivity contribution in [2.24, 2.45) is 0 Å². The van der Waals surface area contributed by atoms with E-state index in [9.17, 15) is 19.1 Å². The van der Waals surface area contributed by atoms with Gasteiger partial charge in [-0.3, -0.25) is 9.59 Å². The summed E-state index contributed by atoms with van der Waals surface area (Å²) in [7, 11) is 1.48. The fourth-order valence-corrected chi connectivity index (χ4v) is 3.01. The van der Waals surface area contributed by atoms with Crippen LogP contribution < -0.4 is 10.1 Å². The number of halogens is 1. The van der Waals surface area contributed by atoms with Crippen molar-refractivity contribution in [1.29, 1.82) is 0 Å². The molecule has 0 bridgehead atoms. The summed E-state index contributed by atoms with van der Waals surface area (Å²) in [6.45, 7) is 1.92. The Bertz CT molecular complexity index is 1050. The van der Waals surface area contributed by atoms with Gasteiger partial charge in [-0.15, -0.1) is 0 Å². The van der Waals surface area contributed by atoms with Gasteiger partial charge in [-0.05, 0) is 48.9 Å². The van der Waals surface area contributed by atoms with Crippen LogP contribution in [0.3, 0.4) is 0 Å². The first-order chi connectivity index (χ1) is 14.4. The van der Waals surface area contributed by atoms with E-state index < -0.39 is 17.9 Å². The summed E-state index contributed by atoms with van der Waals surface area (Å²) in [5.41, 5.74) is 2.78. The monoisotopic (exact) mass is 408 g/mol. The van der Waals surface area contributed by atoms with Gasteiger partial charge in [0.25, 0.3) is 5.91 Å². The molecule has 0 aliphatic rings. The molecule has 7 heteroatoms. The molecule has 1 unspecified atom stereocenters. The molecular weight excluding hydrogens is 387 g/mol. The lowest BCUT2D eigenvalue weighted by molar-refractivity contribution is -0.137. The summed E-state index contributed by atoms with van der Waals surface area (Å²) >= 11 is 0. The van der Waals surface area contributed by atoms with E-state index in [1.807, 2.05) is 19.1 Å². The minimum Gasteiger partial charge on any atom is -0.494 e. The normalized spacial score (nSPS) is 11.6. The Morgan fingerprint density at radius 3 is 2.33 bits per heavy atom. The molecule has 1 amide bonds. The maximum absolute atomic E-state index is 13.3. The molecule has 2 aromatic carbocycles. The molecule has 0 radical (unpaired) electrons. The summed E-state index contributed by atoms with van der Waals surface area (Å²) < 4.78 is 18.6. The highest BCUT2D eigenvalue weighted by atomic mass is 19.1. The topological polar surface area (TPSA) is 88.5 Å². The maximum atomic E-state index is 13.3. The molecule has 154 valence electrons. The lowest BCUT2D eigenvalue weighted by atomic mass is 10.0. The number of carboxylic acids is 1. The van der Waals surface area contributed by atoms with Crippen molar-refractivity contribution in [1.82, 2.24) is 10.3 Å². The van der Waals surface area contributed by atoms with Crippen LogP contribution in [0.1, 0.15) is 34.1 Å². The van der Waals surface area contributed by atoms with Crippen LogP contribution in [0.15, 0.2) is 60.7 Å². The molecule has 0 saturated carbocycles. The third kappa shape index (κ3) is 5.00. The van der Waals surface area contributed by atoms with Crippen molar-refractivity contribution < 1.29 is 23.8 Å². The number of amides is 1. The highest BCUT2D eigenvalue weighted by Gasteiger charge is 2.21. The number of nitrogens with zero attached hydrogens (tertiary/aromatic N) is 1. The van der Waals surface area contributed by atoms with Gasteiger partial charge in [0, 0.05) is 5.56 Å². The number of methoxy groups -OCH3 is 1. The third-order valence-electron chi connectivity index (χ3n) is 4.59. The molecule has 0 aliphatic carbocycles. The van der Waals surface area contributed by atoms with Gasteiger partial charge in [0.2, 0.25) is 0 Å². The molecule has 30 heavy (non-hydrogen) atoms. The molecule has 0 fully saturated rings. The molecule has 0 saturated heterocycles. The van der Waals surface area contributed by atoms with E-state index in [1.54, 1.807) is 30.3 Å². The molecule has 0 spiro atoms. The number of rotatable bonds is 7. The Morgan fingerprint density at radius 1 is 1.07 bits per heavy atom. The predicted molar refractivity (Wildman–Crippen MR) is 110 cm³/mol. The van der Waals surface area contributed by atoms with E-state index in [0.29, 0.717) is 22.6 Å². The highest BCUT2D eigenvalue weighted by Crippen LogP contribution is 2.28. The third-order valence-corrected chi connectivity index (χ3v) is 4.59. The van der Waals surface area contributed by atoms with Crippen LogP contribution in [0.25, 0.3) is 11.3 Å². The second-order valence-corrected chi connectivity index (χ2v) is 6.79. The molecule has 2 N–H and O–H groups in total. The van der Waals surface area contributed by atoms with Crippen LogP contribution in [0.4, 0.5) is 4.39 Å². The lowest BCUT2D eigenvalue weighted by Gasteiger charge is -2.18. The number of benzene rings is 2. The molecule has 3 aromatic rings. The van der Waals surface area contributed by atoms with Crippen molar-refractivity contribution in [3.63, 3.8) is 0 Å². The fraction of sp³-hybridized carbons (Fsp3) is 0.174. The first-order valence-electron chi connectivity index (χ1n) is 9.27. The van der Waals surface area contributed by atoms with Crippen molar-refractivity contribution >= 4 is 11.9 Å². The van der Waals surface area contributed by atoms with Gasteiger partial charge in [-0.1, -0.05) is 29.8 Å². The number of hydrogen-bond acceptors (Lipinski definition) is 4. The van der Waals surface area contributed by atoms with Crippen LogP contribution in [-0.2, 0) is 4.79 Å². The Morgan fingerprint density at radius 2 is 1.73 bits per heavy atom. The number of ether oxygens (including phenoxy) is 1. The van der Waals surface area contributed by atoms with Gasteiger partial charge in [0.15, 0.2) is 0 Å². The summed E-state index contributed by atoms with van der Waals surface area (Å²) in [6, 6.07) is 15.3. The van der Waals surface area contributed by atoms with E-state index in [1.165, 1.54) is 25.3 Å². The number of hydrogen-bond donors (Lipinski definition) is 2. The summed E-state index contributed by atoms with van der Waals surface area (Å²) in [4.78, 5) is 28.5. The minimum absolute atomic E-state index is 0.0950. The second kappa shape index (κ2) is 9.17. The largest absolute Gasteiger partial charge is 0.494 e. The lowest BCUT2D eigenvalue weighted by Crippen LogP contribution is -2.30. The fourth-order valence-electron chi connectivity index (χ4n) is 3.01. The van der Waals surface area contributed by atoms with E-state index >= 15 is 0 Å². The number of nitrogens with one attached hydrogen (secondary N) is 1. The zero-order chi connectivity index (χ0) is 21.7. The Kier molecular flexibility index (Phi) is 6.41. The van der Waals surface area contributed by atoms with Crippen molar-refractivity contribution in [2.75, 3.05) is 7.11 Å². The summed E-state index contributed by atoms with van der Waals surface area (Å²) in [6.07, 6.45) is -0.268. The van der Waals surface area contributed by atoms with Crippen molar-refractivity contribution in [3.05, 3.63) is 83.3 Å². The smallest absolute Gasteiger partial charge is 0.305 e. The molecule has 1 heterocycles. The number of carbonyl (C=O) groups is 2. The Balaban J connectivity index is 1.90. The maximum Gasteiger partial charge on any atom is 0.305 e. The van der Waals surface area contributed by atoms with Crippen molar-refractivity contribution in [3.8, 4) is 17.0 Å². The predicted octanol–water partition coefficient (Wildman–Crippen LogP) is 4.15. The number of carbonyl (C=O) groups excluding carboxylic acids is 1. The van der Waals surface area contributed by atoms with Gasteiger partial charge < -0.3 is 15.2 Å². The Hall–Kier alpha value is -3.74. The summed E-state index contributed by atoms with van der Waals surface area (Å²) in [5.74, 6) is -1.51. The first kappa shape index (κ1) is 21.0. The molecular formula is C23H21FN2O4. The van der Waals surface area contributed by atoms with Gasteiger partial charge in [-0.2, -0.15) is 0 Å². The average molecular weight is 408 g/mol. The van der Waals surface area contributed by atoms with Crippen LogP contribution in [0.5, 0.6) is 5.75 Å². The van der Waals surface area contributed by atoms with E-state index in [4.69, 9.17) is 4.74 Å². The van der Waals surface area contributed by atoms with Crippen LogP contribution >= 0.6 is 0 Å². The number of aryl methyl sites for hydroxylation is 1. The van der Waals surface area contributed by atoms with E-state index in [0.717, 1.165) is 5.56 Å². The highest BCUT2D eigenvalue weighted by molar-refractivity contribution is 5.93. The average Bonchev–Trinajstić information content (AvgIpc) is 2.73. The molecule has 0 aliphatic heterocycles. The first-order valence-corrected chi connectivity index (χ1v) is 9.27. The van der Waals surface area contributed by atoms with E-state index in [-0.39, 0.29) is 17.9 Å². The quantitative estimate of drug-likeness (QED) is 0.613. The standard InChI is InChI=1S/C23H21FN2O4/c1-14-3-5-15(6-4-14)19(13-21(27)28)26-23(29)18-11-12-20(30-2)22(25-18)16-7-9-17(24)10-8-16/h3-12,19H,13H2,1-2H3,(H,26,29)(H,27,28). The van der Waals surface area contributed by atoms with Crippen molar-refractivity contribution in [2.45, 2.75) is 19.4 Å². The Labute approximate surface area is 173 Å². The van der Waals surface area contributed by atoms with E-state index in [2.05, 4.69) is 10.3 Å². The SMILES string of the molecule is COc1ccc(C(=O)NC(CC(=O)O)c2ccc(C)cc2)nc1-c1ccc(F)cc1. The molecule has 1 atom stereocenters. The van der Waals surface area contributed by atoms with Crippen LogP contribution in [0, 0.1) is 12.7 Å². The van der Waals surface area contributed by atoms with Gasteiger partial charge in [0.05, 0.1) is 19.6 Å². The molecule has 6 nitrogen and oxygen atoms in total. The number of pyridine rings is 1. The minimum atomic E-state index is -1.03. The number of carboxylic acid groups (broad SMARTS) is 1. The van der Waals surface area contributed by atoms with Crippen LogP contribution in [-0.4, -0.2) is 29.1 Å². The zero-order valence-electron chi connectivity index (χ0n) is 16.6. The molecule has 3 rings (SSSR count). The number of aromatic nitrogens is 1. The second-order valence-electron chi connectivity index (χ2n) is 6.79. The van der Waals surface area contributed by atoms with Gasteiger partial charge >= 0.3 is 5.97 Å². The van der Waals surface area contributed by atoms with Crippen LogP contribution in [0.2, 0.25) is 0 Å². The van der Waals surface area contributed by atoms with Gasteiger partial charge in [-0.25, -0.2) is 9.37 Å². The summed E-state index contributed by atoms with van der Waals surface area (Å²) in [5, 5.41) is 12.0.